The van der Waals surface area contributed by atoms with Crippen molar-refractivity contribution < 1.29 is 13.5 Å². The molecule has 6 heteroatoms. The van der Waals surface area contributed by atoms with Crippen LogP contribution in [0.2, 0.25) is 0 Å². The third kappa shape index (κ3) is 4.55. The lowest BCUT2D eigenvalue weighted by molar-refractivity contribution is 0.0152. The van der Waals surface area contributed by atoms with Crippen molar-refractivity contribution in [1.82, 2.24) is 0 Å². The van der Waals surface area contributed by atoms with E-state index >= 15 is 0 Å². The minimum atomic E-state index is -2.41. The summed E-state index contributed by atoms with van der Waals surface area (Å²) >= 11 is 4.92. The highest BCUT2D eigenvalue weighted by Crippen LogP contribution is 2.27. The van der Waals surface area contributed by atoms with Gasteiger partial charge in [-0.15, -0.1) is 0 Å². The van der Waals surface area contributed by atoms with Gasteiger partial charge in [0.1, 0.15) is 6.61 Å². The number of hydrogen-bond acceptors (Lipinski definition) is 3. The van der Waals surface area contributed by atoms with Gasteiger partial charge in [0.15, 0.2) is 0 Å². The van der Waals surface area contributed by atoms with Crippen LogP contribution in [0.25, 0.3) is 0 Å². The Kier molecular flexibility index (Phi) is 5.66. The van der Waals surface area contributed by atoms with Crippen molar-refractivity contribution in [3.8, 4) is 0 Å². The van der Waals surface area contributed by atoms with Crippen molar-refractivity contribution in [2.75, 3.05) is 13.2 Å². The summed E-state index contributed by atoms with van der Waals surface area (Å²) in [5.41, 5.74) is 6.87. The Labute approximate surface area is 99.5 Å². The van der Waals surface area contributed by atoms with E-state index in [-0.39, 0.29) is 12.6 Å². The van der Waals surface area contributed by atoms with Gasteiger partial charge in [-0.2, -0.15) is 11.3 Å². The molecule has 0 aliphatic carbocycles. The van der Waals surface area contributed by atoms with E-state index < -0.39 is 13.0 Å². The third-order valence-corrected chi connectivity index (χ3v) is 3.61. The number of nitrogens with two attached hydrogens (primary N) is 1. The Morgan fingerprint density at radius 1 is 1.47 bits per heavy atom. The number of halogens is 3. The average Bonchev–Trinajstić information content (AvgIpc) is 2.58. The lowest BCUT2D eigenvalue weighted by atomic mass is 10.1. The van der Waals surface area contributed by atoms with Crippen LogP contribution in [0, 0.1) is 0 Å². The monoisotopic (exact) mass is 299 g/mol. The van der Waals surface area contributed by atoms with Crippen LogP contribution in [0.5, 0.6) is 0 Å². The van der Waals surface area contributed by atoms with E-state index in [4.69, 9.17) is 10.5 Å². The highest BCUT2D eigenvalue weighted by molar-refractivity contribution is 9.10. The molecule has 0 fully saturated rings. The topological polar surface area (TPSA) is 35.2 Å². The van der Waals surface area contributed by atoms with E-state index in [1.807, 2.05) is 10.8 Å². The van der Waals surface area contributed by atoms with E-state index in [0.29, 0.717) is 6.42 Å². The summed E-state index contributed by atoms with van der Waals surface area (Å²) in [7, 11) is 0. The number of ether oxygens (including phenoxy) is 1. The molecule has 0 amide bonds. The zero-order valence-electron chi connectivity index (χ0n) is 7.96. The van der Waals surface area contributed by atoms with Crippen molar-refractivity contribution in [1.29, 1.82) is 0 Å². The van der Waals surface area contributed by atoms with Crippen LogP contribution in [0.4, 0.5) is 8.78 Å². The molecule has 2 nitrogen and oxygen atoms in total. The highest BCUT2D eigenvalue weighted by atomic mass is 79.9. The second-order valence-electron chi connectivity index (χ2n) is 3.04. The first kappa shape index (κ1) is 13.0. The van der Waals surface area contributed by atoms with E-state index in [0.717, 1.165) is 10.0 Å². The van der Waals surface area contributed by atoms with Crippen LogP contribution in [-0.2, 0) is 4.74 Å². The fourth-order valence-corrected chi connectivity index (χ4v) is 2.75. The molecule has 1 unspecified atom stereocenters. The van der Waals surface area contributed by atoms with Gasteiger partial charge in [-0.25, -0.2) is 8.78 Å². The maximum absolute atomic E-state index is 11.7. The van der Waals surface area contributed by atoms with Crippen LogP contribution >= 0.6 is 27.3 Å². The molecule has 2 N–H and O–H groups in total. The number of rotatable bonds is 6. The van der Waals surface area contributed by atoms with Crippen LogP contribution in [0.3, 0.4) is 0 Å². The lowest BCUT2D eigenvalue weighted by Gasteiger charge is -2.11. The molecule has 0 spiro atoms. The molecule has 1 aromatic heterocycles. The smallest absolute Gasteiger partial charge is 0.261 e. The normalized spacial score (nSPS) is 13.4. The van der Waals surface area contributed by atoms with Crippen molar-refractivity contribution in [2.45, 2.75) is 18.9 Å². The molecule has 86 valence electrons. The maximum Gasteiger partial charge on any atom is 0.261 e. The molecule has 1 aromatic rings. The van der Waals surface area contributed by atoms with Crippen LogP contribution in [0.15, 0.2) is 15.2 Å². The number of hydrogen-bond donors (Lipinski definition) is 1. The summed E-state index contributed by atoms with van der Waals surface area (Å²) in [6.07, 6.45) is -1.86. The van der Waals surface area contributed by atoms with Gasteiger partial charge in [0, 0.05) is 22.5 Å². The maximum atomic E-state index is 11.7. The van der Waals surface area contributed by atoms with Crippen molar-refractivity contribution in [2.24, 2.45) is 5.73 Å². The summed E-state index contributed by atoms with van der Waals surface area (Å²) < 4.78 is 29.2. The molecule has 1 rings (SSSR count). The zero-order chi connectivity index (χ0) is 11.3. The number of thiophene rings is 1. The van der Waals surface area contributed by atoms with E-state index in [1.54, 1.807) is 11.3 Å². The molecule has 0 radical (unpaired) electrons. The van der Waals surface area contributed by atoms with Crippen molar-refractivity contribution >= 4 is 27.3 Å². The number of alkyl halides is 2. The molecule has 0 saturated heterocycles. The van der Waals surface area contributed by atoms with Gasteiger partial charge < -0.3 is 10.5 Å². The molecular formula is C9H12BrF2NOS. The molecule has 0 aliphatic heterocycles. The fourth-order valence-electron chi connectivity index (χ4n) is 1.09. The van der Waals surface area contributed by atoms with Crippen LogP contribution in [0.1, 0.15) is 18.0 Å². The van der Waals surface area contributed by atoms with Gasteiger partial charge in [-0.3, -0.25) is 0 Å². The lowest BCUT2D eigenvalue weighted by Crippen LogP contribution is -2.14. The highest BCUT2D eigenvalue weighted by Gasteiger charge is 2.11. The molecule has 0 bridgehead atoms. The van der Waals surface area contributed by atoms with Gasteiger partial charge in [0.25, 0.3) is 6.43 Å². The molecule has 1 atom stereocenters. The van der Waals surface area contributed by atoms with E-state index in [2.05, 4.69) is 15.9 Å². The van der Waals surface area contributed by atoms with Gasteiger partial charge in [-0.1, -0.05) is 0 Å². The summed E-state index contributed by atoms with van der Waals surface area (Å²) in [5.74, 6) is 0. The summed E-state index contributed by atoms with van der Waals surface area (Å²) in [4.78, 5) is 0. The summed E-state index contributed by atoms with van der Waals surface area (Å²) in [6.45, 7) is -0.259. The Bertz CT molecular complexity index is 295. The van der Waals surface area contributed by atoms with Gasteiger partial charge >= 0.3 is 0 Å². The molecular weight excluding hydrogens is 288 g/mol. The van der Waals surface area contributed by atoms with Crippen LogP contribution in [-0.4, -0.2) is 19.6 Å². The third-order valence-electron chi connectivity index (χ3n) is 1.86. The minimum Gasteiger partial charge on any atom is -0.375 e. The predicted molar refractivity (Wildman–Crippen MR) is 60.4 cm³/mol. The largest absolute Gasteiger partial charge is 0.375 e. The molecule has 15 heavy (non-hydrogen) atoms. The van der Waals surface area contributed by atoms with Gasteiger partial charge in [0.2, 0.25) is 0 Å². The summed E-state index contributed by atoms with van der Waals surface area (Å²) in [6, 6.07) is -0.164. The predicted octanol–water partition coefficient (Wildman–Crippen LogP) is 3.18. The van der Waals surface area contributed by atoms with Gasteiger partial charge in [-0.05, 0) is 33.3 Å². The molecule has 0 aliphatic rings. The average molecular weight is 300 g/mol. The Hall–Kier alpha value is -0.0400. The Morgan fingerprint density at radius 3 is 2.73 bits per heavy atom. The van der Waals surface area contributed by atoms with Gasteiger partial charge in [0.05, 0.1) is 0 Å². The molecule has 0 saturated carbocycles. The van der Waals surface area contributed by atoms with E-state index in [9.17, 15) is 8.78 Å². The minimum absolute atomic E-state index is 0.164. The van der Waals surface area contributed by atoms with Crippen LogP contribution < -0.4 is 5.73 Å². The zero-order valence-corrected chi connectivity index (χ0v) is 10.4. The SMILES string of the molecule is NC(CCOCC(F)F)c1cscc1Br. The molecule has 1 heterocycles. The standard InChI is InChI=1S/C9H12BrF2NOS/c10-7-5-15-4-6(7)8(13)1-2-14-3-9(11)12/h4-5,8-9H,1-3,13H2. The second-order valence-corrected chi connectivity index (χ2v) is 4.63. The second kappa shape index (κ2) is 6.52. The Morgan fingerprint density at radius 2 is 2.20 bits per heavy atom. The van der Waals surface area contributed by atoms with E-state index in [1.165, 1.54) is 0 Å². The quantitative estimate of drug-likeness (QED) is 0.819. The summed E-state index contributed by atoms with van der Waals surface area (Å²) in [5, 5.41) is 3.89. The Balaban J connectivity index is 2.25. The fraction of sp³-hybridized carbons (Fsp3) is 0.556. The first-order valence-electron chi connectivity index (χ1n) is 4.44. The van der Waals surface area contributed by atoms with Crippen molar-refractivity contribution in [3.63, 3.8) is 0 Å². The van der Waals surface area contributed by atoms with Crippen molar-refractivity contribution in [3.05, 3.63) is 20.8 Å². The first-order valence-corrected chi connectivity index (χ1v) is 6.18. The first-order chi connectivity index (χ1) is 7.11. The molecule has 0 aromatic carbocycles.